The number of aliphatic imine (C=N–C) groups is 1. The van der Waals surface area contributed by atoms with Crippen molar-refractivity contribution in [3.63, 3.8) is 0 Å². The van der Waals surface area contributed by atoms with Gasteiger partial charge in [-0.1, -0.05) is 12.1 Å². The Labute approximate surface area is 130 Å². The van der Waals surface area contributed by atoms with E-state index >= 15 is 0 Å². The Morgan fingerprint density at radius 3 is 2.42 bits per heavy atom. The van der Waals surface area contributed by atoms with Gasteiger partial charge in [-0.3, -0.25) is 4.99 Å². The third-order valence-electron chi connectivity index (χ3n) is 3.30. The standard InChI is InChI=1S/C14H20FN3.HI/c1-10(2)18-13(16)17-9-14(7-8-14)11-3-5-12(15)6-4-11;/h3-6,10H,7-9H2,1-2H3,(H3,16,17,18);1H. The summed E-state index contributed by atoms with van der Waals surface area (Å²) < 4.78 is 12.9. The van der Waals surface area contributed by atoms with E-state index in [4.69, 9.17) is 5.73 Å². The first kappa shape index (κ1) is 16.2. The van der Waals surface area contributed by atoms with Crippen molar-refractivity contribution in [1.29, 1.82) is 0 Å². The first-order chi connectivity index (χ1) is 8.52. The maximum absolute atomic E-state index is 12.9. The summed E-state index contributed by atoms with van der Waals surface area (Å²) in [5.41, 5.74) is 7.03. The summed E-state index contributed by atoms with van der Waals surface area (Å²) in [6, 6.07) is 7.01. The van der Waals surface area contributed by atoms with E-state index in [1.165, 1.54) is 12.1 Å². The lowest BCUT2D eigenvalue weighted by Crippen LogP contribution is -2.37. The maximum Gasteiger partial charge on any atom is 0.188 e. The molecule has 5 heteroatoms. The van der Waals surface area contributed by atoms with Crippen LogP contribution in [0.3, 0.4) is 0 Å². The van der Waals surface area contributed by atoms with Crippen LogP contribution in [0.4, 0.5) is 4.39 Å². The van der Waals surface area contributed by atoms with Crippen LogP contribution in [-0.2, 0) is 5.41 Å². The Hall–Kier alpha value is -0.850. The summed E-state index contributed by atoms with van der Waals surface area (Å²) in [5.74, 6) is 0.289. The van der Waals surface area contributed by atoms with Crippen LogP contribution in [0.2, 0.25) is 0 Å². The molecule has 19 heavy (non-hydrogen) atoms. The molecule has 0 saturated heterocycles. The van der Waals surface area contributed by atoms with Crippen molar-refractivity contribution in [3.05, 3.63) is 35.6 Å². The highest BCUT2D eigenvalue weighted by Crippen LogP contribution is 2.48. The quantitative estimate of drug-likeness (QED) is 0.482. The van der Waals surface area contributed by atoms with E-state index < -0.39 is 0 Å². The zero-order valence-corrected chi connectivity index (χ0v) is 13.6. The molecule has 1 aromatic carbocycles. The molecular weight excluding hydrogens is 356 g/mol. The predicted molar refractivity (Wildman–Crippen MR) is 87.5 cm³/mol. The summed E-state index contributed by atoms with van der Waals surface area (Å²) >= 11 is 0. The summed E-state index contributed by atoms with van der Waals surface area (Å²) in [5, 5.41) is 3.07. The van der Waals surface area contributed by atoms with Crippen molar-refractivity contribution in [2.45, 2.75) is 38.1 Å². The fourth-order valence-electron chi connectivity index (χ4n) is 2.07. The van der Waals surface area contributed by atoms with Crippen LogP contribution in [0.25, 0.3) is 0 Å². The summed E-state index contributed by atoms with van der Waals surface area (Å²) in [7, 11) is 0. The fourth-order valence-corrected chi connectivity index (χ4v) is 2.07. The van der Waals surface area contributed by atoms with E-state index in [2.05, 4.69) is 10.3 Å². The average molecular weight is 377 g/mol. The van der Waals surface area contributed by atoms with E-state index in [1.54, 1.807) is 0 Å². The second-order valence-corrected chi connectivity index (χ2v) is 5.29. The third-order valence-corrected chi connectivity index (χ3v) is 3.30. The topological polar surface area (TPSA) is 50.4 Å². The van der Waals surface area contributed by atoms with Gasteiger partial charge in [-0.25, -0.2) is 4.39 Å². The van der Waals surface area contributed by atoms with Crippen molar-refractivity contribution in [2.75, 3.05) is 6.54 Å². The normalized spacial score (nSPS) is 16.9. The molecule has 0 spiro atoms. The number of nitrogens with two attached hydrogens (primary N) is 1. The van der Waals surface area contributed by atoms with Gasteiger partial charge in [0.1, 0.15) is 5.82 Å². The van der Waals surface area contributed by atoms with Gasteiger partial charge in [-0.2, -0.15) is 0 Å². The number of halogens is 2. The van der Waals surface area contributed by atoms with Crippen molar-refractivity contribution in [2.24, 2.45) is 10.7 Å². The van der Waals surface area contributed by atoms with Gasteiger partial charge >= 0.3 is 0 Å². The SMILES string of the molecule is CC(C)NC(N)=NCC1(c2ccc(F)cc2)CC1.I. The molecule has 1 saturated carbocycles. The van der Waals surface area contributed by atoms with E-state index in [0.717, 1.165) is 18.4 Å². The molecule has 0 unspecified atom stereocenters. The molecule has 1 aliphatic carbocycles. The largest absolute Gasteiger partial charge is 0.370 e. The second kappa shape index (κ2) is 6.54. The smallest absolute Gasteiger partial charge is 0.188 e. The molecule has 0 radical (unpaired) electrons. The molecule has 106 valence electrons. The van der Waals surface area contributed by atoms with Gasteiger partial charge in [-0.15, -0.1) is 24.0 Å². The van der Waals surface area contributed by atoms with Gasteiger partial charge < -0.3 is 11.1 Å². The molecule has 0 aromatic heterocycles. The lowest BCUT2D eigenvalue weighted by atomic mass is 9.96. The van der Waals surface area contributed by atoms with Crippen LogP contribution < -0.4 is 11.1 Å². The number of guanidine groups is 1. The van der Waals surface area contributed by atoms with Gasteiger partial charge in [0.2, 0.25) is 0 Å². The van der Waals surface area contributed by atoms with E-state index in [-0.39, 0.29) is 41.3 Å². The molecule has 0 heterocycles. The number of rotatable bonds is 4. The zero-order valence-electron chi connectivity index (χ0n) is 11.3. The number of nitrogens with one attached hydrogen (secondary N) is 1. The van der Waals surface area contributed by atoms with Crippen molar-refractivity contribution in [3.8, 4) is 0 Å². The summed E-state index contributed by atoms with van der Waals surface area (Å²) in [6.45, 7) is 4.72. The van der Waals surface area contributed by atoms with Gasteiger partial charge in [0.15, 0.2) is 5.96 Å². The molecule has 1 fully saturated rings. The molecular formula is C14H21FIN3. The molecule has 3 N–H and O–H groups in total. The van der Waals surface area contributed by atoms with E-state index in [0.29, 0.717) is 12.5 Å². The Kier molecular flexibility index (Phi) is 5.58. The molecule has 0 amide bonds. The van der Waals surface area contributed by atoms with Gasteiger partial charge in [0.25, 0.3) is 0 Å². The van der Waals surface area contributed by atoms with Crippen LogP contribution >= 0.6 is 24.0 Å². The average Bonchev–Trinajstić information content (AvgIpc) is 3.08. The molecule has 0 bridgehead atoms. The highest BCUT2D eigenvalue weighted by molar-refractivity contribution is 14.0. The summed E-state index contributed by atoms with van der Waals surface area (Å²) in [4.78, 5) is 4.39. The number of benzene rings is 1. The Morgan fingerprint density at radius 2 is 1.95 bits per heavy atom. The lowest BCUT2D eigenvalue weighted by molar-refractivity contribution is 0.623. The van der Waals surface area contributed by atoms with Crippen LogP contribution in [0.5, 0.6) is 0 Å². The molecule has 1 aliphatic rings. The Balaban J connectivity index is 0.00000180. The highest BCUT2D eigenvalue weighted by atomic mass is 127. The minimum Gasteiger partial charge on any atom is -0.370 e. The second-order valence-electron chi connectivity index (χ2n) is 5.29. The molecule has 0 atom stereocenters. The predicted octanol–water partition coefficient (Wildman–Crippen LogP) is 2.79. The fraction of sp³-hybridized carbons (Fsp3) is 0.500. The van der Waals surface area contributed by atoms with E-state index in [9.17, 15) is 4.39 Å². The van der Waals surface area contributed by atoms with Crippen LogP contribution in [0.15, 0.2) is 29.3 Å². The molecule has 0 aliphatic heterocycles. The van der Waals surface area contributed by atoms with E-state index in [1.807, 2.05) is 26.0 Å². The van der Waals surface area contributed by atoms with Gasteiger partial charge in [-0.05, 0) is 44.4 Å². The highest BCUT2D eigenvalue weighted by Gasteiger charge is 2.44. The number of hydrogen-bond donors (Lipinski definition) is 2. The number of nitrogens with zero attached hydrogens (tertiary/aromatic N) is 1. The van der Waals surface area contributed by atoms with Crippen molar-refractivity contribution >= 4 is 29.9 Å². The number of hydrogen-bond acceptors (Lipinski definition) is 1. The molecule has 2 rings (SSSR count). The minimum atomic E-state index is -0.195. The molecule has 3 nitrogen and oxygen atoms in total. The third kappa shape index (κ3) is 4.33. The summed E-state index contributed by atoms with van der Waals surface area (Å²) in [6.07, 6.45) is 2.19. The minimum absolute atomic E-state index is 0. The van der Waals surface area contributed by atoms with Crippen LogP contribution in [0.1, 0.15) is 32.3 Å². The Morgan fingerprint density at radius 1 is 1.37 bits per heavy atom. The van der Waals surface area contributed by atoms with Gasteiger partial charge in [0, 0.05) is 11.5 Å². The molecule has 1 aromatic rings. The lowest BCUT2D eigenvalue weighted by Gasteiger charge is -2.14. The first-order valence-electron chi connectivity index (χ1n) is 6.34. The first-order valence-corrected chi connectivity index (χ1v) is 6.34. The van der Waals surface area contributed by atoms with Crippen LogP contribution in [0, 0.1) is 5.82 Å². The maximum atomic E-state index is 12.9. The monoisotopic (exact) mass is 377 g/mol. The van der Waals surface area contributed by atoms with Crippen molar-refractivity contribution < 1.29 is 4.39 Å². The van der Waals surface area contributed by atoms with Crippen LogP contribution in [-0.4, -0.2) is 18.5 Å². The van der Waals surface area contributed by atoms with Crippen molar-refractivity contribution in [1.82, 2.24) is 5.32 Å². The van der Waals surface area contributed by atoms with Gasteiger partial charge in [0.05, 0.1) is 6.54 Å². The Bertz CT molecular complexity index is 439. The zero-order chi connectivity index (χ0) is 13.2.